The van der Waals surface area contributed by atoms with Crippen LogP contribution in [0.4, 0.5) is 0 Å². The Labute approximate surface area is 240 Å². The van der Waals surface area contributed by atoms with Crippen LogP contribution in [-0.2, 0) is 32.2 Å². The van der Waals surface area contributed by atoms with E-state index < -0.39 is 0 Å². The van der Waals surface area contributed by atoms with Crippen molar-refractivity contribution in [3.05, 3.63) is 132 Å². The molecule has 1 aliphatic carbocycles. The van der Waals surface area contributed by atoms with Gasteiger partial charge in [-0.3, -0.25) is 4.99 Å². The van der Waals surface area contributed by atoms with Crippen molar-refractivity contribution in [3.63, 3.8) is 0 Å². The van der Waals surface area contributed by atoms with Crippen LogP contribution in [0.3, 0.4) is 0 Å². The molecule has 8 rings (SSSR count). The van der Waals surface area contributed by atoms with Gasteiger partial charge < -0.3 is 14.0 Å². The van der Waals surface area contributed by atoms with Gasteiger partial charge in [-0.05, 0) is 34.3 Å². The Bertz CT molecular complexity index is 1880. The van der Waals surface area contributed by atoms with E-state index in [0.717, 1.165) is 39.5 Å². The fourth-order valence-electron chi connectivity index (χ4n) is 5.65. The van der Waals surface area contributed by atoms with Crippen molar-refractivity contribution in [3.8, 4) is 17.3 Å². The van der Waals surface area contributed by atoms with Crippen LogP contribution in [0.2, 0.25) is 0 Å². The summed E-state index contributed by atoms with van der Waals surface area (Å²) in [5.74, 6) is 1.79. The quantitative estimate of drug-likeness (QED) is 0.188. The van der Waals surface area contributed by atoms with Gasteiger partial charge in [-0.1, -0.05) is 59.6 Å². The largest absolute Gasteiger partial charge is 2.00 e. The Morgan fingerprint density at radius 2 is 1.69 bits per heavy atom. The van der Waals surface area contributed by atoms with E-state index in [1.54, 1.807) is 6.20 Å². The summed E-state index contributed by atoms with van der Waals surface area (Å²) in [6.45, 7) is 0. The molecule has 0 fully saturated rings. The van der Waals surface area contributed by atoms with E-state index in [0.29, 0.717) is 17.5 Å². The number of hydrogen-bond donors (Lipinski definition) is 0. The zero-order valence-electron chi connectivity index (χ0n) is 20.7. The number of pyridine rings is 1. The molecule has 0 amide bonds. The molecule has 0 bridgehead atoms. The molecule has 5 nitrogen and oxygen atoms in total. The summed E-state index contributed by atoms with van der Waals surface area (Å²) in [4.78, 5) is 9.28. The number of aromatic nitrogens is 2. The molecule has 1 aliphatic heterocycles. The SMILES string of the molecule is [Pt+2].[c-]1c(C2=N[C@H]3c4ccccc4C[C@H]3O2)cccc1-n1c2[c-]c(Oc3ccccn3)ccc2c2ccccc21. The zero-order valence-corrected chi connectivity index (χ0v) is 22.9. The molecule has 2 aliphatic rings. The van der Waals surface area contributed by atoms with E-state index in [2.05, 4.69) is 82.3 Å². The maximum atomic E-state index is 6.36. The Kier molecular flexibility index (Phi) is 5.82. The molecule has 0 radical (unpaired) electrons. The minimum absolute atomic E-state index is 0. The smallest absolute Gasteiger partial charge is 0.514 e. The maximum Gasteiger partial charge on any atom is 2.00 e. The van der Waals surface area contributed by atoms with Gasteiger partial charge in [0.15, 0.2) is 0 Å². The van der Waals surface area contributed by atoms with Gasteiger partial charge in [0, 0.05) is 30.0 Å². The number of aliphatic imine (C=N–C) groups is 1. The van der Waals surface area contributed by atoms with Crippen LogP contribution in [0.5, 0.6) is 11.6 Å². The number of benzene rings is 4. The maximum absolute atomic E-state index is 6.36. The summed E-state index contributed by atoms with van der Waals surface area (Å²) in [5, 5.41) is 2.23. The summed E-state index contributed by atoms with van der Waals surface area (Å²) in [6.07, 6.45) is 2.65. The standard InChI is InChI=1S/C33H21N3O2.Pt/c1-2-11-25-21(8-1)19-30-32(25)35-33(38-30)22-9-7-10-23(18-22)36-28-13-4-3-12-26(28)27-16-15-24(20-29(27)36)37-31-14-5-6-17-34-31;/h1-17,30,32H,19H2;/q-2;+2/t30-,32+;/m1./s1. The average molecular weight is 687 g/mol. The molecule has 2 atom stereocenters. The molecule has 6 aromatic rings. The van der Waals surface area contributed by atoms with Gasteiger partial charge in [-0.15, -0.1) is 41.8 Å². The number of nitrogens with zero attached hydrogens (tertiary/aromatic N) is 3. The first kappa shape index (κ1) is 23.9. The summed E-state index contributed by atoms with van der Waals surface area (Å²) < 4.78 is 14.6. The molecule has 0 spiro atoms. The third-order valence-electron chi connectivity index (χ3n) is 7.33. The predicted molar refractivity (Wildman–Crippen MR) is 147 cm³/mol. The third kappa shape index (κ3) is 3.97. The van der Waals surface area contributed by atoms with Crippen molar-refractivity contribution in [1.82, 2.24) is 9.55 Å². The van der Waals surface area contributed by atoms with Gasteiger partial charge in [0.1, 0.15) is 18.0 Å². The van der Waals surface area contributed by atoms with Crippen molar-refractivity contribution in [1.29, 1.82) is 0 Å². The van der Waals surface area contributed by atoms with E-state index in [4.69, 9.17) is 14.5 Å². The molecule has 0 unspecified atom stereocenters. The zero-order chi connectivity index (χ0) is 25.1. The fraction of sp³-hybridized carbons (Fsp3) is 0.0909. The molecular weight excluding hydrogens is 665 g/mol. The molecule has 190 valence electrons. The van der Waals surface area contributed by atoms with Crippen LogP contribution in [0, 0.1) is 12.1 Å². The number of rotatable bonds is 4. The number of ether oxygens (including phenoxy) is 2. The topological polar surface area (TPSA) is 48.6 Å². The van der Waals surface area contributed by atoms with E-state index >= 15 is 0 Å². The number of fused-ring (bicyclic) bond motifs is 6. The molecule has 3 heterocycles. The van der Waals surface area contributed by atoms with Crippen LogP contribution >= 0.6 is 0 Å². The van der Waals surface area contributed by atoms with Crippen molar-refractivity contribution < 1.29 is 30.5 Å². The third-order valence-corrected chi connectivity index (χ3v) is 7.33. The Morgan fingerprint density at radius 1 is 0.821 bits per heavy atom. The van der Waals surface area contributed by atoms with Crippen LogP contribution < -0.4 is 4.74 Å². The minimum Gasteiger partial charge on any atom is -0.514 e. The second-order valence-electron chi connectivity index (χ2n) is 9.60. The van der Waals surface area contributed by atoms with E-state index in [1.807, 2.05) is 36.4 Å². The van der Waals surface area contributed by atoms with E-state index in [1.165, 1.54) is 11.1 Å². The van der Waals surface area contributed by atoms with Gasteiger partial charge in [0.05, 0.1) is 0 Å². The number of hydrogen-bond acceptors (Lipinski definition) is 4. The van der Waals surface area contributed by atoms with Gasteiger partial charge in [0.2, 0.25) is 5.88 Å². The second kappa shape index (κ2) is 9.51. The summed E-state index contributed by atoms with van der Waals surface area (Å²) in [5.41, 5.74) is 6.31. The molecule has 0 saturated carbocycles. The first-order valence-electron chi connectivity index (χ1n) is 12.7. The van der Waals surface area contributed by atoms with Crippen LogP contribution in [0.15, 0.2) is 108 Å². The van der Waals surface area contributed by atoms with E-state index in [9.17, 15) is 0 Å². The van der Waals surface area contributed by atoms with Gasteiger partial charge >= 0.3 is 21.1 Å². The Morgan fingerprint density at radius 3 is 2.62 bits per heavy atom. The van der Waals surface area contributed by atoms with E-state index in [-0.39, 0.29) is 33.2 Å². The molecular formula is C33H21N3O2Pt. The van der Waals surface area contributed by atoms with Gasteiger partial charge in [-0.2, -0.15) is 6.07 Å². The molecule has 0 saturated heterocycles. The van der Waals surface area contributed by atoms with Gasteiger partial charge in [-0.25, -0.2) is 4.98 Å². The molecule has 2 aromatic heterocycles. The first-order valence-corrected chi connectivity index (χ1v) is 12.7. The molecule has 4 aromatic carbocycles. The second-order valence-corrected chi connectivity index (χ2v) is 9.60. The van der Waals surface area contributed by atoms with Crippen LogP contribution in [0.25, 0.3) is 27.5 Å². The summed E-state index contributed by atoms with van der Waals surface area (Å²) >= 11 is 0. The summed E-state index contributed by atoms with van der Waals surface area (Å²) in [7, 11) is 0. The summed E-state index contributed by atoms with van der Waals surface area (Å²) in [6, 6.07) is 39.7. The minimum atomic E-state index is 0. The molecule has 0 N–H and O–H groups in total. The van der Waals surface area contributed by atoms with Crippen molar-refractivity contribution >= 4 is 27.7 Å². The van der Waals surface area contributed by atoms with Gasteiger partial charge in [0.25, 0.3) is 0 Å². The Balaban J connectivity index is 0.00000253. The van der Waals surface area contributed by atoms with Crippen LogP contribution in [-0.4, -0.2) is 21.6 Å². The predicted octanol–water partition coefficient (Wildman–Crippen LogP) is 7.01. The van der Waals surface area contributed by atoms with Crippen molar-refractivity contribution in [2.24, 2.45) is 4.99 Å². The number of para-hydroxylation sites is 1. The molecule has 6 heteroatoms. The fourth-order valence-corrected chi connectivity index (χ4v) is 5.65. The first-order chi connectivity index (χ1) is 18.8. The van der Waals surface area contributed by atoms with Crippen molar-refractivity contribution in [2.75, 3.05) is 0 Å². The normalized spacial score (nSPS) is 17.3. The molecule has 39 heavy (non-hydrogen) atoms. The monoisotopic (exact) mass is 686 g/mol. The Hall–Kier alpha value is -4.21. The average Bonchev–Trinajstić information content (AvgIpc) is 3.63. The van der Waals surface area contributed by atoms with Crippen LogP contribution in [0.1, 0.15) is 22.7 Å². The van der Waals surface area contributed by atoms with Crippen molar-refractivity contribution in [2.45, 2.75) is 18.6 Å².